The van der Waals surface area contributed by atoms with Crippen molar-refractivity contribution in [3.8, 4) is 0 Å². The monoisotopic (exact) mass is 411 g/mol. The van der Waals surface area contributed by atoms with Crippen molar-refractivity contribution >= 4 is 17.5 Å². The molecule has 2 aromatic rings. The number of carbonyl (C=O) groups is 2. The van der Waals surface area contributed by atoms with Gasteiger partial charge in [0.05, 0.1) is 5.69 Å². The summed E-state index contributed by atoms with van der Waals surface area (Å²) in [4.78, 5) is 31.4. The van der Waals surface area contributed by atoms with Gasteiger partial charge >= 0.3 is 0 Å². The Labute approximate surface area is 178 Å². The van der Waals surface area contributed by atoms with E-state index in [1.165, 1.54) is 6.42 Å². The first-order chi connectivity index (χ1) is 14.3. The summed E-state index contributed by atoms with van der Waals surface area (Å²) in [6.45, 7) is 9.59. The second-order valence-electron chi connectivity index (χ2n) is 9.22. The van der Waals surface area contributed by atoms with Crippen LogP contribution in [-0.4, -0.2) is 50.4 Å². The van der Waals surface area contributed by atoms with E-state index in [1.807, 2.05) is 30.2 Å². The maximum Gasteiger partial charge on any atom is 0.225 e. The van der Waals surface area contributed by atoms with Gasteiger partial charge in [-0.15, -0.1) is 0 Å². The Kier molecular flexibility index (Phi) is 5.80. The molecule has 1 saturated heterocycles. The molecule has 30 heavy (non-hydrogen) atoms. The highest BCUT2D eigenvalue weighted by atomic mass is 16.2. The van der Waals surface area contributed by atoms with E-state index in [1.54, 1.807) is 0 Å². The van der Waals surface area contributed by atoms with E-state index in [-0.39, 0.29) is 23.8 Å². The van der Waals surface area contributed by atoms with Crippen LogP contribution < -0.4 is 5.32 Å². The number of nitrogens with one attached hydrogen (secondary N) is 1. The van der Waals surface area contributed by atoms with Crippen LogP contribution in [0.2, 0.25) is 0 Å². The molecule has 1 N–H and O–H groups in total. The van der Waals surface area contributed by atoms with Crippen molar-refractivity contribution < 1.29 is 9.59 Å². The third-order valence-corrected chi connectivity index (χ3v) is 6.61. The normalized spacial score (nSPS) is 19.5. The third-order valence-electron chi connectivity index (χ3n) is 6.61. The molecule has 1 aliphatic heterocycles. The van der Waals surface area contributed by atoms with Crippen LogP contribution in [0.25, 0.3) is 5.65 Å². The highest BCUT2D eigenvalue weighted by Crippen LogP contribution is 2.33. The average Bonchev–Trinajstić information content (AvgIpc) is 3.26. The van der Waals surface area contributed by atoms with Gasteiger partial charge in [0.1, 0.15) is 0 Å². The van der Waals surface area contributed by atoms with Crippen molar-refractivity contribution in [1.82, 2.24) is 24.8 Å². The molecule has 1 atom stereocenters. The van der Waals surface area contributed by atoms with E-state index >= 15 is 0 Å². The predicted octanol–water partition coefficient (Wildman–Crippen LogP) is 2.92. The first kappa shape index (κ1) is 20.8. The average molecular weight is 412 g/mol. The zero-order valence-electron chi connectivity index (χ0n) is 18.6. The summed E-state index contributed by atoms with van der Waals surface area (Å²) in [6, 6.07) is 2.22. The standard InChI is InChI=1S/C23H33N5O2/c1-14(2)24-22(29)9-8-19-15(3)25-21-12-20(26-28(21)16(19)4)18-10-11-27(13-18)23(30)17-6-5-7-17/h12,14,17-18H,5-11,13H2,1-4H3,(H,24,29)/t18-/m0/s1. The molecule has 0 radical (unpaired) electrons. The number of fused-ring (bicyclic) bond motifs is 1. The van der Waals surface area contributed by atoms with Crippen molar-refractivity contribution in [3.63, 3.8) is 0 Å². The Morgan fingerprint density at radius 1 is 1.23 bits per heavy atom. The van der Waals surface area contributed by atoms with E-state index in [0.717, 1.165) is 60.6 Å². The summed E-state index contributed by atoms with van der Waals surface area (Å²) >= 11 is 0. The molecule has 2 amide bonds. The van der Waals surface area contributed by atoms with Gasteiger partial charge in [-0.3, -0.25) is 9.59 Å². The lowest BCUT2D eigenvalue weighted by molar-refractivity contribution is -0.137. The first-order valence-electron chi connectivity index (χ1n) is 11.3. The Balaban J connectivity index is 1.49. The van der Waals surface area contributed by atoms with Gasteiger partial charge < -0.3 is 10.2 Å². The van der Waals surface area contributed by atoms with Gasteiger partial charge in [0.15, 0.2) is 5.65 Å². The van der Waals surface area contributed by atoms with Gasteiger partial charge in [0, 0.05) is 54.8 Å². The van der Waals surface area contributed by atoms with E-state index in [9.17, 15) is 9.59 Å². The van der Waals surface area contributed by atoms with E-state index in [4.69, 9.17) is 10.1 Å². The zero-order valence-corrected chi connectivity index (χ0v) is 18.6. The lowest BCUT2D eigenvalue weighted by Crippen LogP contribution is -2.37. The molecule has 0 bridgehead atoms. The van der Waals surface area contributed by atoms with Gasteiger partial charge in [0.2, 0.25) is 11.8 Å². The van der Waals surface area contributed by atoms with Crippen molar-refractivity contribution in [1.29, 1.82) is 0 Å². The number of rotatable bonds is 6. The fourth-order valence-electron chi connectivity index (χ4n) is 4.65. The largest absolute Gasteiger partial charge is 0.354 e. The topological polar surface area (TPSA) is 79.6 Å². The van der Waals surface area contributed by atoms with Crippen LogP contribution in [0, 0.1) is 19.8 Å². The molecule has 2 aliphatic rings. The summed E-state index contributed by atoms with van der Waals surface area (Å²) in [5, 5.41) is 7.81. The van der Waals surface area contributed by atoms with Gasteiger partial charge in [-0.25, -0.2) is 9.50 Å². The highest BCUT2D eigenvalue weighted by molar-refractivity contribution is 5.80. The molecule has 0 aromatic carbocycles. The van der Waals surface area contributed by atoms with E-state index < -0.39 is 0 Å². The van der Waals surface area contributed by atoms with Crippen molar-refractivity contribution in [2.75, 3.05) is 13.1 Å². The maximum absolute atomic E-state index is 12.6. The summed E-state index contributed by atoms with van der Waals surface area (Å²) in [7, 11) is 0. The Morgan fingerprint density at radius 3 is 2.67 bits per heavy atom. The third kappa shape index (κ3) is 4.07. The quantitative estimate of drug-likeness (QED) is 0.793. The number of amides is 2. The second-order valence-corrected chi connectivity index (χ2v) is 9.22. The lowest BCUT2D eigenvalue weighted by Gasteiger charge is -2.29. The Morgan fingerprint density at radius 2 is 2.00 bits per heavy atom. The Hall–Kier alpha value is -2.44. The molecule has 2 aromatic heterocycles. The van der Waals surface area contributed by atoms with Crippen LogP contribution in [0.3, 0.4) is 0 Å². The smallest absolute Gasteiger partial charge is 0.225 e. The summed E-state index contributed by atoms with van der Waals surface area (Å²) in [5.41, 5.74) is 4.95. The fraction of sp³-hybridized carbons (Fsp3) is 0.652. The number of carbonyl (C=O) groups excluding carboxylic acids is 2. The Bertz CT molecular complexity index is 960. The van der Waals surface area contributed by atoms with Crippen LogP contribution in [-0.2, 0) is 16.0 Å². The molecule has 162 valence electrons. The van der Waals surface area contributed by atoms with Crippen LogP contribution in [0.5, 0.6) is 0 Å². The highest BCUT2D eigenvalue weighted by Gasteiger charge is 2.35. The zero-order chi connectivity index (χ0) is 21.4. The van der Waals surface area contributed by atoms with Gasteiger partial charge in [-0.05, 0) is 58.9 Å². The molecule has 3 heterocycles. The molecule has 7 heteroatoms. The van der Waals surface area contributed by atoms with Crippen LogP contribution in [0.15, 0.2) is 6.07 Å². The number of nitrogens with zero attached hydrogens (tertiary/aromatic N) is 4. The number of likely N-dealkylation sites (tertiary alicyclic amines) is 1. The molecule has 2 fully saturated rings. The number of aryl methyl sites for hydroxylation is 2. The molecule has 0 unspecified atom stereocenters. The van der Waals surface area contributed by atoms with Crippen molar-refractivity contribution in [2.24, 2.45) is 5.92 Å². The van der Waals surface area contributed by atoms with Crippen molar-refractivity contribution in [2.45, 2.75) is 78.2 Å². The number of hydrogen-bond acceptors (Lipinski definition) is 4. The minimum absolute atomic E-state index is 0.0622. The number of hydrogen-bond donors (Lipinski definition) is 1. The van der Waals surface area contributed by atoms with Crippen molar-refractivity contribution in [3.05, 3.63) is 28.7 Å². The molecule has 0 spiro atoms. The summed E-state index contributed by atoms with van der Waals surface area (Å²) < 4.78 is 1.91. The first-order valence-corrected chi connectivity index (χ1v) is 11.3. The lowest BCUT2D eigenvalue weighted by atomic mass is 9.84. The second kappa shape index (κ2) is 8.36. The van der Waals surface area contributed by atoms with Crippen LogP contribution in [0.4, 0.5) is 0 Å². The SMILES string of the molecule is Cc1nc2cc([C@H]3CCN(C(=O)C4CCC4)C3)nn2c(C)c1CCC(=O)NC(C)C. The summed E-state index contributed by atoms with van der Waals surface area (Å²) in [6.07, 6.45) is 5.35. The van der Waals surface area contributed by atoms with E-state index in [0.29, 0.717) is 18.7 Å². The molecular formula is C23H33N5O2. The van der Waals surface area contributed by atoms with Crippen LogP contribution in [0.1, 0.15) is 74.5 Å². The molecule has 1 aliphatic carbocycles. The summed E-state index contributed by atoms with van der Waals surface area (Å²) in [5.74, 6) is 0.925. The van der Waals surface area contributed by atoms with Gasteiger partial charge in [-0.2, -0.15) is 5.10 Å². The maximum atomic E-state index is 12.6. The predicted molar refractivity (Wildman–Crippen MR) is 115 cm³/mol. The van der Waals surface area contributed by atoms with Gasteiger partial charge in [0.25, 0.3) is 0 Å². The molecule has 4 rings (SSSR count). The molecule has 7 nitrogen and oxygen atoms in total. The van der Waals surface area contributed by atoms with Crippen LogP contribution >= 0.6 is 0 Å². The molecule has 1 saturated carbocycles. The fourth-order valence-corrected chi connectivity index (χ4v) is 4.65. The minimum atomic E-state index is 0.0622. The molecular weight excluding hydrogens is 378 g/mol. The number of aromatic nitrogens is 3. The minimum Gasteiger partial charge on any atom is -0.354 e. The van der Waals surface area contributed by atoms with Gasteiger partial charge in [-0.1, -0.05) is 6.42 Å². The van der Waals surface area contributed by atoms with E-state index in [2.05, 4.69) is 18.3 Å².